The monoisotopic (exact) mass is 419 g/mol. The summed E-state index contributed by atoms with van der Waals surface area (Å²) in [6.45, 7) is 5.08. The van der Waals surface area contributed by atoms with Crippen LogP contribution in [0.25, 0.3) is 5.65 Å². The van der Waals surface area contributed by atoms with Crippen LogP contribution in [-0.4, -0.2) is 34.1 Å². The number of aryl methyl sites for hydroxylation is 3. The second kappa shape index (κ2) is 8.47. The zero-order valence-corrected chi connectivity index (χ0v) is 17.4. The first kappa shape index (κ1) is 21.8. The van der Waals surface area contributed by atoms with Gasteiger partial charge in [0.2, 0.25) is 0 Å². The van der Waals surface area contributed by atoms with Gasteiger partial charge in [0.1, 0.15) is 11.4 Å². The summed E-state index contributed by atoms with van der Waals surface area (Å²) in [5.74, 6) is 0.262. The number of nitrogens with zero attached hydrogens (tertiary/aromatic N) is 3. The molecule has 3 aromatic rings. The minimum absolute atomic E-state index is 0.134. The number of rotatable bonds is 6. The van der Waals surface area contributed by atoms with Crippen molar-refractivity contribution in [1.82, 2.24) is 14.3 Å². The number of ether oxygens (including phenoxy) is 1. The van der Waals surface area contributed by atoms with Gasteiger partial charge < -0.3 is 4.74 Å². The van der Waals surface area contributed by atoms with Crippen LogP contribution in [0.4, 0.5) is 13.2 Å². The largest absolute Gasteiger partial charge is 0.484 e. The first-order chi connectivity index (χ1) is 14.0. The number of benzene rings is 1. The molecule has 2 heterocycles. The van der Waals surface area contributed by atoms with E-state index in [0.29, 0.717) is 35.6 Å². The van der Waals surface area contributed by atoms with E-state index in [1.54, 1.807) is 20.0 Å². The fraction of sp³-hybridized carbons (Fsp3) is 0.364. The van der Waals surface area contributed by atoms with E-state index >= 15 is 0 Å². The van der Waals surface area contributed by atoms with Crippen LogP contribution in [-0.2, 0) is 13.1 Å². The highest BCUT2D eigenvalue weighted by Gasteiger charge is 2.29. The molecule has 0 atom stereocenters. The number of pyridine rings is 1. The highest BCUT2D eigenvalue weighted by Crippen LogP contribution is 2.27. The minimum Gasteiger partial charge on any atom is -0.484 e. The minimum atomic E-state index is -4.37. The lowest BCUT2D eigenvalue weighted by atomic mass is 10.1. The number of hydrogen-bond donors (Lipinski definition) is 0. The highest BCUT2D eigenvalue weighted by molar-refractivity contribution is 5.43. The van der Waals surface area contributed by atoms with E-state index in [-0.39, 0.29) is 11.3 Å². The Bertz CT molecular complexity index is 1100. The zero-order valence-electron chi connectivity index (χ0n) is 17.4. The highest BCUT2D eigenvalue weighted by atomic mass is 19.4. The first-order valence-electron chi connectivity index (χ1n) is 9.49. The Morgan fingerprint density at radius 3 is 2.37 bits per heavy atom. The number of halogens is 3. The normalized spacial score (nSPS) is 12.0. The summed E-state index contributed by atoms with van der Waals surface area (Å²) in [5.41, 5.74) is 4.34. The van der Waals surface area contributed by atoms with E-state index < -0.39 is 12.8 Å². The summed E-state index contributed by atoms with van der Waals surface area (Å²) in [6, 6.07) is 8.88. The van der Waals surface area contributed by atoms with Crippen molar-refractivity contribution in [2.45, 2.75) is 40.0 Å². The van der Waals surface area contributed by atoms with Crippen molar-refractivity contribution in [2.75, 3.05) is 13.7 Å². The van der Waals surface area contributed by atoms with Gasteiger partial charge in [0.25, 0.3) is 5.56 Å². The molecule has 30 heavy (non-hydrogen) atoms. The molecule has 0 aliphatic rings. The average Bonchev–Trinajstić information content (AvgIpc) is 2.60. The van der Waals surface area contributed by atoms with Crippen molar-refractivity contribution in [3.05, 3.63) is 74.8 Å². The Morgan fingerprint density at radius 1 is 1.07 bits per heavy atom. The summed E-state index contributed by atoms with van der Waals surface area (Å²) < 4.78 is 43.8. The SMILES string of the molecule is Cc1ccc2nc(CN(C)Cc3cc(C)c(OCC(F)(F)F)c(C)c3)cc(=O)n2c1. The summed E-state index contributed by atoms with van der Waals surface area (Å²) >= 11 is 0. The third-order valence-electron chi connectivity index (χ3n) is 4.65. The lowest BCUT2D eigenvalue weighted by Gasteiger charge is -2.19. The molecule has 0 bridgehead atoms. The molecular formula is C22H24F3N3O2. The van der Waals surface area contributed by atoms with Crippen LogP contribution in [0.15, 0.2) is 41.3 Å². The molecule has 0 saturated carbocycles. The van der Waals surface area contributed by atoms with E-state index in [9.17, 15) is 18.0 Å². The Morgan fingerprint density at radius 2 is 1.73 bits per heavy atom. The molecule has 3 rings (SSSR count). The van der Waals surface area contributed by atoms with Gasteiger partial charge in [-0.3, -0.25) is 14.1 Å². The molecule has 0 N–H and O–H groups in total. The number of aromatic nitrogens is 2. The van der Waals surface area contributed by atoms with Crippen LogP contribution in [0, 0.1) is 20.8 Å². The second-order valence-corrected chi connectivity index (χ2v) is 7.66. The predicted octanol–water partition coefficient (Wildman–Crippen LogP) is 4.19. The summed E-state index contributed by atoms with van der Waals surface area (Å²) in [5, 5.41) is 0. The van der Waals surface area contributed by atoms with E-state index in [2.05, 4.69) is 4.98 Å². The van der Waals surface area contributed by atoms with Crippen molar-refractivity contribution in [1.29, 1.82) is 0 Å². The van der Waals surface area contributed by atoms with Gasteiger partial charge >= 0.3 is 6.18 Å². The van der Waals surface area contributed by atoms with Gasteiger partial charge in [0.05, 0.1) is 5.69 Å². The van der Waals surface area contributed by atoms with Gasteiger partial charge in [-0.05, 0) is 56.1 Å². The van der Waals surface area contributed by atoms with Gasteiger partial charge in [-0.15, -0.1) is 0 Å². The molecule has 0 fully saturated rings. The van der Waals surface area contributed by atoms with Crippen molar-refractivity contribution in [3.63, 3.8) is 0 Å². The van der Waals surface area contributed by atoms with Gasteiger partial charge in [-0.25, -0.2) is 4.98 Å². The molecule has 8 heteroatoms. The van der Waals surface area contributed by atoms with Gasteiger partial charge in [-0.2, -0.15) is 13.2 Å². The van der Waals surface area contributed by atoms with Crippen LogP contribution < -0.4 is 10.3 Å². The summed E-state index contributed by atoms with van der Waals surface area (Å²) in [4.78, 5) is 18.9. The third kappa shape index (κ3) is 5.38. The van der Waals surface area contributed by atoms with Crippen molar-refractivity contribution in [2.24, 2.45) is 0 Å². The van der Waals surface area contributed by atoms with E-state index in [4.69, 9.17) is 4.74 Å². The Kier molecular flexibility index (Phi) is 6.17. The molecule has 0 unspecified atom stereocenters. The first-order valence-corrected chi connectivity index (χ1v) is 9.49. The maximum atomic E-state index is 12.4. The number of alkyl halides is 3. The van der Waals surface area contributed by atoms with E-state index in [1.165, 1.54) is 10.5 Å². The smallest absolute Gasteiger partial charge is 0.422 e. The molecular weight excluding hydrogens is 395 g/mol. The third-order valence-corrected chi connectivity index (χ3v) is 4.65. The van der Waals surface area contributed by atoms with E-state index in [0.717, 1.165) is 11.1 Å². The summed E-state index contributed by atoms with van der Waals surface area (Å²) in [6.07, 6.45) is -2.62. The number of hydrogen-bond acceptors (Lipinski definition) is 4. The average molecular weight is 419 g/mol. The maximum absolute atomic E-state index is 12.4. The van der Waals surface area contributed by atoms with Crippen LogP contribution >= 0.6 is 0 Å². The molecule has 0 saturated heterocycles. The lowest BCUT2D eigenvalue weighted by molar-refractivity contribution is -0.153. The van der Waals surface area contributed by atoms with Gasteiger partial charge in [-0.1, -0.05) is 18.2 Å². The lowest BCUT2D eigenvalue weighted by Crippen LogP contribution is -2.22. The van der Waals surface area contributed by atoms with Gasteiger partial charge in [0.15, 0.2) is 6.61 Å². The molecule has 0 spiro atoms. The predicted molar refractivity (Wildman–Crippen MR) is 109 cm³/mol. The van der Waals surface area contributed by atoms with Crippen LogP contribution in [0.5, 0.6) is 5.75 Å². The summed E-state index contributed by atoms with van der Waals surface area (Å²) in [7, 11) is 1.90. The molecule has 0 aliphatic heterocycles. The molecule has 5 nitrogen and oxygen atoms in total. The molecule has 160 valence electrons. The van der Waals surface area contributed by atoms with E-state index in [1.807, 2.05) is 43.1 Å². The Hall–Kier alpha value is -2.87. The van der Waals surface area contributed by atoms with Crippen LogP contribution in [0.3, 0.4) is 0 Å². The van der Waals surface area contributed by atoms with Crippen molar-refractivity contribution < 1.29 is 17.9 Å². The zero-order chi connectivity index (χ0) is 22.1. The van der Waals surface area contributed by atoms with Crippen molar-refractivity contribution >= 4 is 5.65 Å². The fourth-order valence-corrected chi connectivity index (χ4v) is 3.50. The topological polar surface area (TPSA) is 46.8 Å². The molecule has 2 aromatic heterocycles. The maximum Gasteiger partial charge on any atom is 0.422 e. The van der Waals surface area contributed by atoms with Gasteiger partial charge in [0, 0.05) is 25.4 Å². The molecule has 0 aliphatic carbocycles. The standard InChI is InChI=1S/C22H24F3N3O2/c1-14-5-6-19-26-18(9-20(29)28(19)10-14)12-27(4)11-17-7-15(2)21(16(3)8-17)30-13-22(23,24)25/h5-10H,11-13H2,1-4H3. The fourth-order valence-electron chi connectivity index (χ4n) is 3.50. The Labute approximate surface area is 172 Å². The Balaban J connectivity index is 1.73. The second-order valence-electron chi connectivity index (χ2n) is 7.66. The van der Waals surface area contributed by atoms with Crippen LogP contribution in [0.2, 0.25) is 0 Å². The van der Waals surface area contributed by atoms with Crippen LogP contribution in [0.1, 0.15) is 27.9 Å². The molecule has 0 amide bonds. The quantitative estimate of drug-likeness (QED) is 0.601. The molecule has 1 aromatic carbocycles. The molecule has 0 radical (unpaired) electrons. The number of fused-ring (bicyclic) bond motifs is 1. The van der Waals surface area contributed by atoms with Crippen molar-refractivity contribution in [3.8, 4) is 5.75 Å².